The molecule has 4 rings (SSSR count). The van der Waals surface area contributed by atoms with Gasteiger partial charge in [-0.05, 0) is 79.4 Å². The number of nitrogens with one attached hydrogen (secondary N) is 1. The number of imide groups is 1. The van der Waals surface area contributed by atoms with Gasteiger partial charge in [-0.15, -0.1) is 0 Å². The third-order valence-corrected chi connectivity index (χ3v) is 6.65. The van der Waals surface area contributed by atoms with Gasteiger partial charge >= 0.3 is 0 Å². The van der Waals surface area contributed by atoms with Crippen LogP contribution in [-0.2, 0) is 16.0 Å². The van der Waals surface area contributed by atoms with E-state index in [4.69, 9.17) is 11.6 Å². The molecule has 1 aliphatic rings. The van der Waals surface area contributed by atoms with Crippen molar-refractivity contribution in [2.24, 2.45) is 0 Å². The zero-order valence-electron chi connectivity index (χ0n) is 18.1. The number of anilines is 2. The molecule has 0 saturated carbocycles. The highest BCUT2D eigenvalue weighted by molar-refractivity contribution is 8.04. The molecule has 0 fully saturated rings. The van der Waals surface area contributed by atoms with Gasteiger partial charge in [0.05, 0.1) is 5.69 Å². The molecule has 0 spiro atoms. The number of carbonyl (C=O) groups excluding carboxylic acids is 2. The van der Waals surface area contributed by atoms with Gasteiger partial charge in [-0.2, -0.15) is 0 Å². The Morgan fingerprint density at radius 2 is 1.59 bits per heavy atom. The minimum Gasteiger partial charge on any atom is -0.350 e. The summed E-state index contributed by atoms with van der Waals surface area (Å²) >= 11 is 7.28. The maximum Gasteiger partial charge on any atom is 0.283 e. The fourth-order valence-electron chi connectivity index (χ4n) is 3.48. The van der Waals surface area contributed by atoms with E-state index in [1.54, 1.807) is 12.1 Å². The Kier molecular flexibility index (Phi) is 6.40. The third kappa shape index (κ3) is 4.45. The molecule has 3 aromatic carbocycles. The van der Waals surface area contributed by atoms with Gasteiger partial charge in [0.2, 0.25) is 0 Å². The van der Waals surface area contributed by atoms with Crippen molar-refractivity contribution in [3.63, 3.8) is 0 Å². The van der Waals surface area contributed by atoms with Crippen LogP contribution in [0.2, 0.25) is 5.02 Å². The summed E-state index contributed by atoms with van der Waals surface area (Å²) in [5.41, 5.74) is 4.69. The van der Waals surface area contributed by atoms with Gasteiger partial charge in [0, 0.05) is 15.6 Å². The average molecular weight is 463 g/mol. The lowest BCUT2D eigenvalue weighted by Crippen LogP contribution is -2.33. The fraction of sp³-hybridized carbons (Fsp3) is 0.154. The third-order valence-electron chi connectivity index (χ3n) is 5.31. The maximum absolute atomic E-state index is 13.5. The molecule has 0 aromatic heterocycles. The van der Waals surface area contributed by atoms with Crippen LogP contribution in [0.25, 0.3) is 0 Å². The Hall–Kier alpha value is -3.02. The summed E-state index contributed by atoms with van der Waals surface area (Å²) in [5.74, 6) is -0.698. The van der Waals surface area contributed by atoms with Crippen LogP contribution in [0.3, 0.4) is 0 Å². The van der Waals surface area contributed by atoms with Crippen LogP contribution in [0.5, 0.6) is 0 Å². The number of nitrogens with zero attached hydrogens (tertiary/aromatic N) is 1. The first-order valence-electron chi connectivity index (χ1n) is 10.4. The summed E-state index contributed by atoms with van der Waals surface area (Å²) in [6, 6.07) is 20.9. The molecular formula is C26H23ClN2O2S. The predicted molar refractivity (Wildman–Crippen MR) is 132 cm³/mol. The molecule has 0 unspecified atom stereocenters. The molecule has 6 heteroatoms. The summed E-state index contributed by atoms with van der Waals surface area (Å²) in [6.45, 7) is 5.93. The van der Waals surface area contributed by atoms with E-state index < -0.39 is 0 Å². The summed E-state index contributed by atoms with van der Waals surface area (Å²) in [4.78, 5) is 29.5. The van der Waals surface area contributed by atoms with Crippen LogP contribution in [0.1, 0.15) is 23.6 Å². The first kappa shape index (κ1) is 22.2. The Bertz CT molecular complexity index is 1220. The Balaban J connectivity index is 1.75. The van der Waals surface area contributed by atoms with Gasteiger partial charge in [-0.1, -0.05) is 54.6 Å². The Morgan fingerprint density at radius 1 is 0.906 bits per heavy atom. The van der Waals surface area contributed by atoms with Gasteiger partial charge in [0.25, 0.3) is 11.8 Å². The van der Waals surface area contributed by atoms with Crippen molar-refractivity contribution in [1.82, 2.24) is 0 Å². The smallest absolute Gasteiger partial charge is 0.283 e. The van der Waals surface area contributed by atoms with E-state index in [0.29, 0.717) is 15.6 Å². The van der Waals surface area contributed by atoms with E-state index in [1.807, 2.05) is 68.4 Å². The molecule has 0 bridgehead atoms. The quantitative estimate of drug-likeness (QED) is 0.424. The molecule has 0 aliphatic carbocycles. The summed E-state index contributed by atoms with van der Waals surface area (Å²) < 4.78 is 0. The fourth-order valence-corrected chi connectivity index (χ4v) is 4.54. The molecule has 0 atom stereocenters. The number of benzene rings is 3. The molecule has 32 heavy (non-hydrogen) atoms. The average Bonchev–Trinajstić information content (AvgIpc) is 3.01. The summed E-state index contributed by atoms with van der Waals surface area (Å²) in [5, 5.41) is 3.82. The lowest BCUT2D eigenvalue weighted by molar-refractivity contribution is -0.120. The van der Waals surface area contributed by atoms with Crippen molar-refractivity contribution in [3.05, 3.63) is 99.0 Å². The molecule has 4 nitrogen and oxygen atoms in total. The van der Waals surface area contributed by atoms with E-state index in [-0.39, 0.29) is 17.5 Å². The molecular weight excluding hydrogens is 440 g/mol. The van der Waals surface area contributed by atoms with E-state index in [0.717, 1.165) is 28.1 Å². The lowest BCUT2D eigenvalue weighted by Gasteiger charge is -2.18. The predicted octanol–water partition coefficient (Wildman–Crippen LogP) is 6.51. The standard InChI is InChI=1S/C26H23ClN2O2S/c1-4-18-7-11-20(12-8-18)28-23-24(32-21-13-9-19(27)10-14-21)26(31)29(25(23)30)22-15-16(2)5-6-17(22)3/h5-15,28H,4H2,1-3H3. The van der Waals surface area contributed by atoms with Crippen LogP contribution >= 0.6 is 23.4 Å². The van der Waals surface area contributed by atoms with Crippen molar-refractivity contribution < 1.29 is 9.59 Å². The molecule has 162 valence electrons. The minimum absolute atomic E-state index is 0.278. The molecule has 0 radical (unpaired) electrons. The monoisotopic (exact) mass is 462 g/mol. The first-order valence-corrected chi connectivity index (χ1v) is 11.6. The number of rotatable bonds is 6. The Labute approximate surface area is 197 Å². The number of hydrogen-bond acceptors (Lipinski definition) is 4. The molecule has 0 saturated heterocycles. The van der Waals surface area contributed by atoms with E-state index in [1.165, 1.54) is 22.2 Å². The van der Waals surface area contributed by atoms with Gasteiger partial charge in [-0.25, -0.2) is 4.90 Å². The van der Waals surface area contributed by atoms with Crippen LogP contribution in [0, 0.1) is 13.8 Å². The van der Waals surface area contributed by atoms with Gasteiger partial charge in [0.15, 0.2) is 0 Å². The first-order chi connectivity index (χ1) is 15.4. The van der Waals surface area contributed by atoms with Gasteiger partial charge in [-0.3, -0.25) is 9.59 Å². The van der Waals surface area contributed by atoms with E-state index in [9.17, 15) is 9.59 Å². The second kappa shape index (κ2) is 9.23. The number of amides is 2. The number of aryl methyl sites for hydroxylation is 3. The van der Waals surface area contributed by atoms with Crippen molar-refractivity contribution in [1.29, 1.82) is 0 Å². The molecule has 3 aromatic rings. The van der Waals surface area contributed by atoms with Crippen molar-refractivity contribution in [3.8, 4) is 0 Å². The van der Waals surface area contributed by atoms with Crippen molar-refractivity contribution in [2.45, 2.75) is 32.1 Å². The normalized spacial score (nSPS) is 13.8. The number of thioether (sulfide) groups is 1. The van der Waals surface area contributed by atoms with E-state index >= 15 is 0 Å². The SMILES string of the molecule is CCc1ccc(NC2=C(Sc3ccc(Cl)cc3)C(=O)N(c3cc(C)ccc3C)C2=O)cc1. The molecule has 1 heterocycles. The van der Waals surface area contributed by atoms with Crippen LogP contribution in [0.4, 0.5) is 11.4 Å². The minimum atomic E-state index is -0.361. The summed E-state index contributed by atoms with van der Waals surface area (Å²) in [6.07, 6.45) is 0.929. The molecule has 1 N–H and O–H groups in total. The second-order valence-electron chi connectivity index (χ2n) is 7.67. The zero-order valence-corrected chi connectivity index (χ0v) is 19.7. The summed E-state index contributed by atoms with van der Waals surface area (Å²) in [7, 11) is 0. The van der Waals surface area contributed by atoms with E-state index in [2.05, 4.69) is 12.2 Å². The van der Waals surface area contributed by atoms with Crippen molar-refractivity contribution >= 4 is 46.6 Å². The largest absolute Gasteiger partial charge is 0.350 e. The zero-order chi connectivity index (χ0) is 22.8. The topological polar surface area (TPSA) is 49.4 Å². The van der Waals surface area contributed by atoms with Crippen LogP contribution < -0.4 is 10.2 Å². The van der Waals surface area contributed by atoms with Crippen LogP contribution in [0.15, 0.2) is 82.2 Å². The van der Waals surface area contributed by atoms with Gasteiger partial charge in [0.1, 0.15) is 10.6 Å². The lowest BCUT2D eigenvalue weighted by atomic mass is 10.1. The highest BCUT2D eigenvalue weighted by atomic mass is 35.5. The highest BCUT2D eigenvalue weighted by Gasteiger charge is 2.40. The Morgan fingerprint density at radius 3 is 2.25 bits per heavy atom. The highest BCUT2D eigenvalue weighted by Crippen LogP contribution is 2.39. The maximum atomic E-state index is 13.5. The van der Waals surface area contributed by atoms with Crippen LogP contribution in [-0.4, -0.2) is 11.8 Å². The second-order valence-corrected chi connectivity index (χ2v) is 9.19. The van der Waals surface area contributed by atoms with Gasteiger partial charge < -0.3 is 5.32 Å². The molecule has 2 amide bonds. The number of carbonyl (C=O) groups is 2. The number of halogens is 1. The number of hydrogen-bond donors (Lipinski definition) is 1. The van der Waals surface area contributed by atoms with Crippen molar-refractivity contribution in [2.75, 3.05) is 10.2 Å². The molecule has 1 aliphatic heterocycles.